The Bertz CT molecular complexity index is 4350. The zero-order valence-corrected chi connectivity index (χ0v) is 37.6. The second kappa shape index (κ2) is 15.0. The van der Waals surface area contributed by atoms with Crippen LogP contribution in [0.4, 0.5) is 0 Å². The van der Waals surface area contributed by atoms with Gasteiger partial charge in [-0.05, 0) is 96.1 Å². The van der Waals surface area contributed by atoms with Crippen LogP contribution in [0.15, 0.2) is 237 Å². The van der Waals surface area contributed by atoms with E-state index in [2.05, 4.69) is 255 Å². The van der Waals surface area contributed by atoms with E-state index in [4.69, 9.17) is 15.0 Å². The quantitative estimate of drug-likeness (QED) is 0.167. The van der Waals surface area contributed by atoms with Gasteiger partial charge in [-0.1, -0.05) is 152 Å². The first-order chi connectivity index (χ1) is 34.7. The van der Waals surface area contributed by atoms with Crippen LogP contribution >= 0.6 is 0 Å². The Morgan fingerprint density at radius 2 is 0.600 bits per heavy atom. The molecule has 0 radical (unpaired) electrons. The number of hydrogen-bond donors (Lipinski definition) is 0. The van der Waals surface area contributed by atoms with Crippen LogP contribution < -0.4 is 0 Å². The van der Waals surface area contributed by atoms with E-state index in [1.54, 1.807) is 0 Å². The molecule has 0 aliphatic heterocycles. The van der Waals surface area contributed by atoms with Gasteiger partial charge < -0.3 is 9.13 Å². The highest BCUT2D eigenvalue weighted by molar-refractivity contribution is 6.19. The van der Waals surface area contributed by atoms with Crippen LogP contribution in [0.3, 0.4) is 0 Å². The third-order valence-electron chi connectivity index (χ3n) is 14.2. The predicted molar refractivity (Wildman–Crippen MR) is 288 cm³/mol. The average Bonchev–Trinajstić information content (AvgIpc) is 4.15. The van der Waals surface area contributed by atoms with Gasteiger partial charge in [0.2, 0.25) is 11.9 Å². The maximum atomic E-state index is 5.36. The molecule has 7 heteroatoms. The second-order valence-corrected chi connectivity index (χ2v) is 18.1. The normalized spacial score (nSPS) is 12.0. The summed E-state index contributed by atoms with van der Waals surface area (Å²) in [4.78, 5) is 16.0. The summed E-state index contributed by atoms with van der Waals surface area (Å²) in [7, 11) is 0. The molecule has 0 atom stereocenters. The molecule has 0 spiro atoms. The highest BCUT2D eigenvalue weighted by atomic mass is 15.3. The lowest BCUT2D eigenvalue weighted by Crippen LogP contribution is -2.10. The molecule has 70 heavy (non-hydrogen) atoms. The molecule has 15 rings (SSSR count). The van der Waals surface area contributed by atoms with E-state index in [0.29, 0.717) is 17.7 Å². The Hall–Kier alpha value is -9.59. The lowest BCUT2D eigenvalue weighted by Gasteiger charge is -2.13. The monoisotopic (exact) mass is 893 g/mol. The van der Waals surface area contributed by atoms with E-state index in [0.717, 1.165) is 77.1 Å². The standard InChI is InChI=1S/C63H39N7/c1-2-17-40(18-3-1)42-19-16-20-44(37-42)68-54-28-11-9-26-50(54)52-38-51-49-25-8-10-27-53(49)67(59(51)39-60(52)68)43-35-33-41(34-36-43)61-64-62(69-55-29-12-4-21-45(55)46-22-5-13-30-56(46)69)66-63(65-61)70-57-31-14-6-23-47(57)48-24-7-15-32-58(48)70/h1-39H. The number of benzene rings is 10. The molecule has 326 valence electrons. The lowest BCUT2D eigenvalue weighted by molar-refractivity contribution is 0.893. The summed E-state index contributed by atoms with van der Waals surface area (Å²) >= 11 is 0. The van der Waals surface area contributed by atoms with E-state index >= 15 is 0 Å². The third-order valence-corrected chi connectivity index (χ3v) is 14.2. The summed E-state index contributed by atoms with van der Waals surface area (Å²) in [6, 6.07) is 84.5. The molecule has 0 N–H and O–H groups in total. The van der Waals surface area contributed by atoms with Crippen molar-refractivity contribution in [2.24, 2.45) is 0 Å². The van der Waals surface area contributed by atoms with Crippen molar-refractivity contribution in [3.8, 4) is 45.8 Å². The van der Waals surface area contributed by atoms with Crippen LogP contribution in [0.2, 0.25) is 0 Å². The lowest BCUT2D eigenvalue weighted by atomic mass is 10.1. The number of aromatic nitrogens is 7. The number of para-hydroxylation sites is 6. The first kappa shape index (κ1) is 38.5. The number of nitrogens with zero attached hydrogens (tertiary/aromatic N) is 7. The summed E-state index contributed by atoms with van der Waals surface area (Å²) in [6.07, 6.45) is 0. The summed E-state index contributed by atoms with van der Waals surface area (Å²) < 4.78 is 9.18. The smallest absolute Gasteiger partial charge is 0.240 e. The minimum absolute atomic E-state index is 0.555. The number of fused-ring (bicyclic) bond motifs is 12. The van der Waals surface area contributed by atoms with Crippen molar-refractivity contribution in [2.45, 2.75) is 0 Å². The fraction of sp³-hybridized carbons (Fsp3) is 0. The Labute approximate surface area is 401 Å². The van der Waals surface area contributed by atoms with E-state index in [-0.39, 0.29) is 0 Å². The van der Waals surface area contributed by atoms with Gasteiger partial charge in [-0.2, -0.15) is 15.0 Å². The molecule has 5 heterocycles. The molecule has 0 saturated carbocycles. The van der Waals surface area contributed by atoms with Crippen LogP contribution in [0.25, 0.3) is 133 Å². The van der Waals surface area contributed by atoms with Gasteiger partial charge in [0, 0.05) is 60.0 Å². The highest BCUT2D eigenvalue weighted by Crippen LogP contribution is 2.41. The molecule has 5 aromatic heterocycles. The largest absolute Gasteiger partial charge is 0.309 e. The Morgan fingerprint density at radius 3 is 1.07 bits per heavy atom. The number of rotatable bonds is 6. The van der Waals surface area contributed by atoms with Gasteiger partial charge in [-0.25, -0.2) is 0 Å². The van der Waals surface area contributed by atoms with Gasteiger partial charge in [0.25, 0.3) is 0 Å². The summed E-state index contributed by atoms with van der Waals surface area (Å²) in [5, 5.41) is 9.44. The van der Waals surface area contributed by atoms with Gasteiger partial charge in [0.15, 0.2) is 5.82 Å². The molecule has 0 bridgehead atoms. The van der Waals surface area contributed by atoms with Gasteiger partial charge in [0.1, 0.15) is 0 Å². The van der Waals surface area contributed by atoms with Crippen molar-refractivity contribution in [1.29, 1.82) is 0 Å². The SMILES string of the molecule is c1ccc(-c2cccc(-n3c4ccccc4c4cc5c6ccccc6n(-c6ccc(-c7nc(-n8c9ccccc9c9ccccc98)nc(-n8c9ccccc9c9ccccc98)n7)cc6)c5cc43)c2)cc1. The molecule has 0 unspecified atom stereocenters. The molecule has 7 nitrogen and oxygen atoms in total. The minimum Gasteiger partial charge on any atom is -0.309 e. The number of hydrogen-bond acceptors (Lipinski definition) is 3. The first-order valence-electron chi connectivity index (χ1n) is 23.7. The molecular weight excluding hydrogens is 855 g/mol. The molecule has 15 aromatic rings. The van der Waals surface area contributed by atoms with Crippen molar-refractivity contribution in [3.05, 3.63) is 237 Å². The molecule has 0 fully saturated rings. The molecule has 0 aliphatic rings. The summed E-state index contributed by atoms with van der Waals surface area (Å²) in [5.41, 5.74) is 14.2. The van der Waals surface area contributed by atoms with Crippen molar-refractivity contribution in [1.82, 2.24) is 33.2 Å². The van der Waals surface area contributed by atoms with Gasteiger partial charge in [0.05, 0.1) is 44.1 Å². The summed E-state index contributed by atoms with van der Waals surface area (Å²) in [5.74, 6) is 1.69. The van der Waals surface area contributed by atoms with Gasteiger partial charge in [-0.3, -0.25) is 9.13 Å². The van der Waals surface area contributed by atoms with Crippen molar-refractivity contribution < 1.29 is 0 Å². The minimum atomic E-state index is 0.555. The highest BCUT2D eigenvalue weighted by Gasteiger charge is 2.22. The summed E-state index contributed by atoms with van der Waals surface area (Å²) in [6.45, 7) is 0. The predicted octanol–water partition coefficient (Wildman–Crippen LogP) is 15.6. The Morgan fingerprint density at radius 1 is 0.214 bits per heavy atom. The average molecular weight is 894 g/mol. The van der Waals surface area contributed by atoms with E-state index < -0.39 is 0 Å². The van der Waals surface area contributed by atoms with Crippen molar-refractivity contribution in [2.75, 3.05) is 0 Å². The van der Waals surface area contributed by atoms with Crippen LogP contribution in [0, 0.1) is 0 Å². The van der Waals surface area contributed by atoms with Gasteiger partial charge in [-0.15, -0.1) is 0 Å². The second-order valence-electron chi connectivity index (χ2n) is 18.1. The van der Waals surface area contributed by atoms with E-state index in [1.807, 2.05) is 0 Å². The fourth-order valence-corrected chi connectivity index (χ4v) is 11.2. The molecule has 10 aromatic carbocycles. The third kappa shape index (κ3) is 5.66. The van der Waals surface area contributed by atoms with Crippen molar-refractivity contribution in [3.63, 3.8) is 0 Å². The molecule has 0 aliphatic carbocycles. The van der Waals surface area contributed by atoms with Crippen LogP contribution in [0.1, 0.15) is 0 Å². The topological polar surface area (TPSA) is 58.4 Å². The fourth-order valence-electron chi connectivity index (χ4n) is 11.2. The van der Waals surface area contributed by atoms with Crippen LogP contribution in [-0.4, -0.2) is 33.2 Å². The van der Waals surface area contributed by atoms with Gasteiger partial charge >= 0.3 is 0 Å². The van der Waals surface area contributed by atoms with Crippen LogP contribution in [0.5, 0.6) is 0 Å². The zero-order valence-electron chi connectivity index (χ0n) is 37.6. The molecular formula is C63H39N7. The molecule has 0 saturated heterocycles. The Kier molecular flexibility index (Phi) is 8.23. The zero-order chi connectivity index (χ0) is 45.9. The van der Waals surface area contributed by atoms with Crippen LogP contribution in [-0.2, 0) is 0 Å². The van der Waals surface area contributed by atoms with E-state index in [9.17, 15) is 0 Å². The van der Waals surface area contributed by atoms with Crippen molar-refractivity contribution >= 4 is 87.2 Å². The Balaban J connectivity index is 0.937. The van der Waals surface area contributed by atoms with E-state index in [1.165, 1.54) is 38.2 Å². The maximum Gasteiger partial charge on any atom is 0.240 e. The first-order valence-corrected chi connectivity index (χ1v) is 23.7. The maximum absolute atomic E-state index is 5.36. The molecule has 0 amide bonds.